The van der Waals surface area contributed by atoms with Crippen LogP contribution in [0.25, 0.3) is 0 Å². The van der Waals surface area contributed by atoms with Crippen LogP contribution in [-0.4, -0.2) is 57.6 Å². The maximum atomic E-state index is 13.7. The van der Waals surface area contributed by atoms with E-state index in [9.17, 15) is 35.5 Å². The molecule has 0 N–H and O–H groups in total. The summed E-state index contributed by atoms with van der Waals surface area (Å²) in [5, 5.41) is 0. The van der Waals surface area contributed by atoms with Gasteiger partial charge < -0.3 is 14.4 Å². The van der Waals surface area contributed by atoms with Crippen molar-refractivity contribution in [1.29, 1.82) is 0 Å². The third-order valence-corrected chi connectivity index (χ3v) is 6.51. The number of imidazole rings is 1. The topological polar surface area (TPSA) is 41.4 Å². The lowest BCUT2D eigenvalue weighted by molar-refractivity contribution is -0.140. The SMILES string of the molecule is Cn1cnc(C(=O)N(Cc2ccc(F)c(C(F)(F)F)c2)CC2C3CN(CCC(F)(F)F)CC32)c1. The fraction of sp³-hybridized carbons (Fsp3) is 0.545. The molecule has 2 fully saturated rings. The number of halogens is 7. The van der Waals surface area contributed by atoms with Gasteiger partial charge in [0.25, 0.3) is 5.91 Å². The molecule has 2 aliphatic rings. The predicted octanol–water partition coefficient (Wildman–Crippen LogP) is 4.35. The second-order valence-corrected chi connectivity index (χ2v) is 9.04. The van der Waals surface area contributed by atoms with E-state index in [1.807, 2.05) is 0 Å². The van der Waals surface area contributed by atoms with Gasteiger partial charge >= 0.3 is 12.4 Å². The first-order chi connectivity index (χ1) is 15.8. The molecule has 0 radical (unpaired) electrons. The quantitative estimate of drug-likeness (QED) is 0.540. The summed E-state index contributed by atoms with van der Waals surface area (Å²) in [5.41, 5.74) is -1.16. The predicted molar refractivity (Wildman–Crippen MR) is 107 cm³/mol. The molecule has 12 heteroatoms. The van der Waals surface area contributed by atoms with Crippen molar-refractivity contribution in [3.63, 3.8) is 0 Å². The number of hydrogen-bond donors (Lipinski definition) is 0. The molecule has 4 rings (SSSR count). The van der Waals surface area contributed by atoms with Crippen molar-refractivity contribution in [3.8, 4) is 0 Å². The summed E-state index contributed by atoms with van der Waals surface area (Å²) in [6.45, 7) is 0.969. The van der Waals surface area contributed by atoms with E-state index in [4.69, 9.17) is 0 Å². The minimum atomic E-state index is -4.87. The number of carbonyl (C=O) groups is 1. The summed E-state index contributed by atoms with van der Waals surface area (Å²) in [7, 11) is 1.67. The smallest absolute Gasteiger partial charge is 0.340 e. The summed E-state index contributed by atoms with van der Waals surface area (Å²) < 4.78 is 92.1. The van der Waals surface area contributed by atoms with Crippen LogP contribution in [0.2, 0.25) is 0 Å². The van der Waals surface area contributed by atoms with Gasteiger partial charge in [-0.3, -0.25) is 4.79 Å². The minimum Gasteiger partial charge on any atom is -0.340 e. The maximum Gasteiger partial charge on any atom is 0.419 e. The van der Waals surface area contributed by atoms with Crippen LogP contribution >= 0.6 is 0 Å². The van der Waals surface area contributed by atoms with Crippen molar-refractivity contribution in [3.05, 3.63) is 53.4 Å². The van der Waals surface area contributed by atoms with E-state index >= 15 is 0 Å². The molecule has 2 aromatic rings. The second kappa shape index (κ2) is 8.86. The highest BCUT2D eigenvalue weighted by Crippen LogP contribution is 2.52. The van der Waals surface area contributed by atoms with Crippen LogP contribution in [0.3, 0.4) is 0 Å². The van der Waals surface area contributed by atoms with Gasteiger partial charge in [0.15, 0.2) is 0 Å². The molecule has 34 heavy (non-hydrogen) atoms. The summed E-state index contributed by atoms with van der Waals surface area (Å²) in [6, 6.07) is 2.63. The lowest BCUT2D eigenvalue weighted by Crippen LogP contribution is -2.36. The van der Waals surface area contributed by atoms with Crippen LogP contribution in [0.4, 0.5) is 30.7 Å². The molecule has 0 bridgehead atoms. The molecule has 1 aliphatic heterocycles. The van der Waals surface area contributed by atoms with Gasteiger partial charge in [0.05, 0.1) is 18.3 Å². The Morgan fingerprint density at radius 3 is 2.38 bits per heavy atom. The van der Waals surface area contributed by atoms with Crippen molar-refractivity contribution in [1.82, 2.24) is 19.4 Å². The summed E-state index contributed by atoms with van der Waals surface area (Å²) in [6.07, 6.45) is -7.05. The van der Waals surface area contributed by atoms with Crippen molar-refractivity contribution in [2.24, 2.45) is 24.8 Å². The number of hydrogen-bond acceptors (Lipinski definition) is 3. The van der Waals surface area contributed by atoms with Gasteiger partial charge in [0, 0.05) is 46.0 Å². The van der Waals surface area contributed by atoms with E-state index in [-0.39, 0.29) is 48.6 Å². The zero-order chi connectivity index (χ0) is 24.8. The van der Waals surface area contributed by atoms with Crippen LogP contribution in [0, 0.1) is 23.6 Å². The number of likely N-dealkylation sites (tertiary alicyclic amines) is 1. The van der Waals surface area contributed by atoms with Gasteiger partial charge in [-0.25, -0.2) is 9.37 Å². The molecule has 1 aromatic carbocycles. The van der Waals surface area contributed by atoms with Gasteiger partial charge in [0.1, 0.15) is 11.5 Å². The number of rotatable bonds is 7. The average molecular weight is 492 g/mol. The van der Waals surface area contributed by atoms with E-state index in [2.05, 4.69) is 4.98 Å². The first-order valence-electron chi connectivity index (χ1n) is 10.7. The zero-order valence-corrected chi connectivity index (χ0v) is 18.2. The number of fused-ring (bicyclic) bond motifs is 1. The molecule has 2 atom stereocenters. The Hall–Kier alpha value is -2.63. The molecule has 1 aliphatic carbocycles. The number of amides is 1. The van der Waals surface area contributed by atoms with E-state index < -0.39 is 36.1 Å². The summed E-state index contributed by atoms with van der Waals surface area (Å²) in [4.78, 5) is 20.3. The number of carbonyl (C=O) groups excluding carboxylic acids is 1. The standard InChI is InChI=1S/C22H23F7N4O/c1-31-11-19(30-12-31)20(34)33(7-13-2-3-18(23)17(6-13)22(27,28)29)10-16-14-8-32(9-15(14)16)5-4-21(24,25)26/h2-3,6,11-12,14-16H,4-5,7-10H2,1H3. The van der Waals surface area contributed by atoms with Gasteiger partial charge in [-0.05, 0) is 35.4 Å². The Kier molecular flexibility index (Phi) is 6.38. The third-order valence-electron chi connectivity index (χ3n) is 6.51. The first kappa shape index (κ1) is 24.5. The monoisotopic (exact) mass is 492 g/mol. The first-order valence-corrected chi connectivity index (χ1v) is 10.7. The van der Waals surface area contributed by atoms with Gasteiger partial charge in [-0.15, -0.1) is 0 Å². The summed E-state index contributed by atoms with van der Waals surface area (Å²) in [5.74, 6) is -1.57. The molecule has 0 spiro atoms. The number of aromatic nitrogens is 2. The number of aryl methyl sites for hydroxylation is 1. The van der Waals surface area contributed by atoms with Crippen LogP contribution in [0.1, 0.15) is 28.0 Å². The Labute approximate surface area is 191 Å². The normalized spacial score (nSPS) is 22.6. The maximum absolute atomic E-state index is 13.7. The van der Waals surface area contributed by atoms with Gasteiger partial charge in [-0.1, -0.05) is 6.07 Å². The van der Waals surface area contributed by atoms with Crippen LogP contribution in [0.15, 0.2) is 30.7 Å². The molecule has 1 aromatic heterocycles. The lowest BCUT2D eigenvalue weighted by atomic mass is 10.1. The molecular formula is C22H23F7N4O. The molecular weight excluding hydrogens is 469 g/mol. The van der Waals surface area contributed by atoms with E-state index in [0.717, 1.165) is 6.07 Å². The Balaban J connectivity index is 1.46. The van der Waals surface area contributed by atoms with Crippen LogP contribution < -0.4 is 0 Å². The van der Waals surface area contributed by atoms with Gasteiger partial charge in [0.2, 0.25) is 0 Å². The largest absolute Gasteiger partial charge is 0.419 e. The van der Waals surface area contributed by atoms with E-state index in [1.165, 1.54) is 23.5 Å². The van der Waals surface area contributed by atoms with Crippen molar-refractivity contribution < 1.29 is 35.5 Å². The van der Waals surface area contributed by atoms with Crippen LogP contribution in [-0.2, 0) is 19.8 Å². The van der Waals surface area contributed by atoms with Crippen molar-refractivity contribution >= 4 is 5.91 Å². The zero-order valence-electron chi connectivity index (χ0n) is 18.2. The number of benzene rings is 1. The number of nitrogens with zero attached hydrogens (tertiary/aromatic N) is 4. The molecule has 1 saturated carbocycles. The van der Waals surface area contributed by atoms with E-state index in [0.29, 0.717) is 19.2 Å². The molecule has 1 amide bonds. The van der Waals surface area contributed by atoms with E-state index in [1.54, 1.807) is 16.5 Å². The number of alkyl halides is 6. The molecule has 186 valence electrons. The Bertz CT molecular complexity index is 1040. The van der Waals surface area contributed by atoms with Crippen LogP contribution in [0.5, 0.6) is 0 Å². The fourth-order valence-electron chi connectivity index (χ4n) is 4.74. The molecule has 1 saturated heterocycles. The highest BCUT2D eigenvalue weighted by atomic mass is 19.4. The lowest BCUT2D eigenvalue weighted by Gasteiger charge is -2.25. The summed E-state index contributed by atoms with van der Waals surface area (Å²) >= 11 is 0. The molecule has 2 heterocycles. The van der Waals surface area contributed by atoms with Gasteiger partial charge in [-0.2, -0.15) is 26.3 Å². The highest BCUT2D eigenvalue weighted by molar-refractivity contribution is 5.92. The van der Waals surface area contributed by atoms with Crippen molar-refractivity contribution in [2.75, 3.05) is 26.2 Å². The Morgan fingerprint density at radius 2 is 1.82 bits per heavy atom. The Morgan fingerprint density at radius 1 is 1.15 bits per heavy atom. The van der Waals surface area contributed by atoms with Crippen molar-refractivity contribution in [2.45, 2.75) is 25.3 Å². The number of piperidine rings is 1. The average Bonchev–Trinajstić information content (AvgIpc) is 3.08. The minimum absolute atomic E-state index is 0.0392. The molecule has 5 nitrogen and oxygen atoms in total. The fourth-order valence-corrected chi connectivity index (χ4v) is 4.74. The second-order valence-electron chi connectivity index (χ2n) is 9.04. The highest BCUT2D eigenvalue weighted by Gasteiger charge is 2.56. The third kappa shape index (κ3) is 5.53. The molecule has 2 unspecified atom stereocenters.